The van der Waals surface area contributed by atoms with Gasteiger partial charge in [-0.05, 0) is 31.2 Å². The van der Waals surface area contributed by atoms with Gasteiger partial charge in [-0.2, -0.15) is 0 Å². The molecule has 0 unspecified atom stereocenters. The monoisotopic (exact) mass is 251 g/mol. The molecule has 0 fully saturated rings. The number of nitrogens with two attached hydrogens (primary N) is 1. The first-order chi connectivity index (χ1) is 8.67. The molecule has 100 valence electrons. The second-order valence-corrected chi connectivity index (χ2v) is 4.26. The van der Waals surface area contributed by atoms with Gasteiger partial charge in [0.1, 0.15) is 0 Å². The minimum Gasteiger partial charge on any atom is -0.385 e. The summed E-state index contributed by atoms with van der Waals surface area (Å²) in [5.41, 5.74) is 3.81. The highest BCUT2D eigenvalue weighted by Crippen LogP contribution is 2.07. The van der Waals surface area contributed by atoms with Crippen molar-refractivity contribution in [2.45, 2.75) is 13.0 Å². The van der Waals surface area contributed by atoms with Crippen LogP contribution in [-0.2, 0) is 11.3 Å². The number of carbonyl (C=O) groups is 1. The molecule has 0 bridgehead atoms. The largest absolute Gasteiger partial charge is 0.385 e. The topological polar surface area (TPSA) is 67.6 Å². The standard InChI is InChI=1S/C13H21N3O2/c1-16(7-4-8-18-2)10-11-5-3-6-12(9-11)13(17)15-14/h3,5-6,9H,4,7-8,10,14H2,1-2H3,(H,15,17). The number of benzene rings is 1. The summed E-state index contributed by atoms with van der Waals surface area (Å²) in [5, 5.41) is 0. The van der Waals surface area contributed by atoms with Crippen LogP contribution in [0.4, 0.5) is 0 Å². The molecule has 0 heterocycles. The van der Waals surface area contributed by atoms with E-state index in [1.54, 1.807) is 13.2 Å². The van der Waals surface area contributed by atoms with E-state index in [0.29, 0.717) is 5.56 Å². The first kappa shape index (κ1) is 14.6. The molecule has 1 amide bonds. The molecule has 0 spiro atoms. The van der Waals surface area contributed by atoms with Gasteiger partial charge in [-0.3, -0.25) is 10.2 Å². The summed E-state index contributed by atoms with van der Waals surface area (Å²) in [4.78, 5) is 13.6. The molecule has 3 N–H and O–H groups in total. The highest BCUT2D eigenvalue weighted by Gasteiger charge is 2.05. The quantitative estimate of drug-likeness (QED) is 0.325. The molecule has 0 radical (unpaired) electrons. The minimum atomic E-state index is -0.265. The van der Waals surface area contributed by atoms with E-state index < -0.39 is 0 Å². The number of methoxy groups -OCH3 is 1. The molecule has 5 nitrogen and oxygen atoms in total. The Morgan fingerprint density at radius 2 is 2.28 bits per heavy atom. The second-order valence-electron chi connectivity index (χ2n) is 4.26. The third kappa shape index (κ3) is 4.83. The Bertz CT molecular complexity index is 382. The smallest absolute Gasteiger partial charge is 0.265 e. The van der Waals surface area contributed by atoms with E-state index in [9.17, 15) is 4.79 Å². The Hall–Kier alpha value is -1.43. The van der Waals surface area contributed by atoms with Gasteiger partial charge in [0.2, 0.25) is 0 Å². The predicted molar refractivity (Wildman–Crippen MR) is 70.9 cm³/mol. The van der Waals surface area contributed by atoms with Crippen LogP contribution in [0.15, 0.2) is 24.3 Å². The van der Waals surface area contributed by atoms with Crippen LogP contribution in [0, 0.1) is 0 Å². The molecule has 0 aliphatic heterocycles. The fourth-order valence-corrected chi connectivity index (χ4v) is 1.76. The summed E-state index contributed by atoms with van der Waals surface area (Å²) >= 11 is 0. The Morgan fingerprint density at radius 1 is 1.50 bits per heavy atom. The maximum absolute atomic E-state index is 11.4. The fourth-order valence-electron chi connectivity index (χ4n) is 1.76. The summed E-state index contributed by atoms with van der Waals surface area (Å²) in [6.07, 6.45) is 0.996. The van der Waals surface area contributed by atoms with E-state index in [-0.39, 0.29) is 5.91 Å². The first-order valence-electron chi connectivity index (χ1n) is 5.94. The van der Waals surface area contributed by atoms with Crippen molar-refractivity contribution in [3.8, 4) is 0 Å². The third-order valence-corrected chi connectivity index (χ3v) is 2.66. The van der Waals surface area contributed by atoms with Gasteiger partial charge in [0.05, 0.1) is 0 Å². The lowest BCUT2D eigenvalue weighted by molar-refractivity contribution is 0.0953. The van der Waals surface area contributed by atoms with Gasteiger partial charge in [0.15, 0.2) is 0 Å². The van der Waals surface area contributed by atoms with Gasteiger partial charge in [0.25, 0.3) is 5.91 Å². The fraction of sp³-hybridized carbons (Fsp3) is 0.462. The summed E-state index contributed by atoms with van der Waals surface area (Å²) in [7, 11) is 3.75. The molecule has 0 aliphatic carbocycles. The van der Waals surface area contributed by atoms with Crippen LogP contribution in [0.25, 0.3) is 0 Å². The van der Waals surface area contributed by atoms with E-state index in [0.717, 1.165) is 31.7 Å². The average molecular weight is 251 g/mol. The summed E-state index contributed by atoms with van der Waals surface area (Å²) in [5.74, 6) is 4.85. The Kier molecular flexibility index (Phi) is 6.35. The number of nitrogens with one attached hydrogen (secondary N) is 1. The zero-order valence-corrected chi connectivity index (χ0v) is 11.0. The lowest BCUT2D eigenvalue weighted by Crippen LogP contribution is -2.30. The number of amides is 1. The number of carbonyl (C=O) groups excluding carboxylic acids is 1. The molecule has 0 aromatic heterocycles. The summed E-state index contributed by atoms with van der Waals surface area (Å²) in [6, 6.07) is 7.47. The van der Waals surface area contributed by atoms with Crippen molar-refractivity contribution in [3.05, 3.63) is 35.4 Å². The van der Waals surface area contributed by atoms with Crippen molar-refractivity contribution in [1.29, 1.82) is 0 Å². The van der Waals surface area contributed by atoms with Gasteiger partial charge in [-0.25, -0.2) is 5.84 Å². The first-order valence-corrected chi connectivity index (χ1v) is 5.94. The molecule has 1 aromatic rings. The number of hydrazine groups is 1. The number of rotatable bonds is 7. The molecule has 1 aromatic carbocycles. The van der Waals surface area contributed by atoms with Crippen LogP contribution in [0.2, 0.25) is 0 Å². The van der Waals surface area contributed by atoms with Crippen LogP contribution in [0.5, 0.6) is 0 Å². The number of hydrogen-bond acceptors (Lipinski definition) is 4. The third-order valence-electron chi connectivity index (χ3n) is 2.66. The number of nitrogens with zero attached hydrogens (tertiary/aromatic N) is 1. The normalized spacial score (nSPS) is 10.7. The zero-order chi connectivity index (χ0) is 13.4. The maximum Gasteiger partial charge on any atom is 0.265 e. The van der Waals surface area contributed by atoms with E-state index in [1.807, 2.05) is 25.2 Å². The van der Waals surface area contributed by atoms with Gasteiger partial charge >= 0.3 is 0 Å². The second kappa shape index (κ2) is 7.81. The van der Waals surface area contributed by atoms with Crippen LogP contribution >= 0.6 is 0 Å². The molecule has 0 aliphatic rings. The van der Waals surface area contributed by atoms with E-state index in [2.05, 4.69) is 10.3 Å². The minimum absolute atomic E-state index is 0.265. The molecule has 5 heteroatoms. The van der Waals surface area contributed by atoms with Crippen molar-refractivity contribution in [2.75, 3.05) is 27.3 Å². The number of hydrogen-bond donors (Lipinski definition) is 2. The average Bonchev–Trinajstić information content (AvgIpc) is 2.38. The van der Waals surface area contributed by atoms with Crippen LogP contribution in [-0.4, -0.2) is 38.1 Å². The van der Waals surface area contributed by atoms with Gasteiger partial charge in [0, 0.05) is 32.4 Å². The van der Waals surface area contributed by atoms with Gasteiger partial charge in [-0.15, -0.1) is 0 Å². The SMILES string of the molecule is COCCCN(C)Cc1cccc(C(=O)NN)c1. The Morgan fingerprint density at radius 3 is 2.94 bits per heavy atom. The zero-order valence-electron chi connectivity index (χ0n) is 11.0. The highest BCUT2D eigenvalue weighted by atomic mass is 16.5. The summed E-state index contributed by atoms with van der Waals surface area (Å²) < 4.78 is 5.01. The van der Waals surface area contributed by atoms with Crippen molar-refractivity contribution in [3.63, 3.8) is 0 Å². The Labute approximate surface area is 108 Å². The van der Waals surface area contributed by atoms with E-state index in [1.165, 1.54) is 0 Å². The van der Waals surface area contributed by atoms with Crippen LogP contribution in [0.1, 0.15) is 22.3 Å². The van der Waals surface area contributed by atoms with Crippen molar-refractivity contribution < 1.29 is 9.53 Å². The Balaban J connectivity index is 2.53. The molecular weight excluding hydrogens is 230 g/mol. The van der Waals surface area contributed by atoms with Gasteiger partial charge in [-0.1, -0.05) is 12.1 Å². The van der Waals surface area contributed by atoms with Crippen molar-refractivity contribution in [1.82, 2.24) is 10.3 Å². The molecule has 0 saturated carbocycles. The molecular formula is C13H21N3O2. The van der Waals surface area contributed by atoms with Crippen LogP contribution < -0.4 is 11.3 Å². The molecule has 0 atom stereocenters. The van der Waals surface area contributed by atoms with Crippen LogP contribution in [0.3, 0.4) is 0 Å². The van der Waals surface area contributed by atoms with Crippen molar-refractivity contribution >= 4 is 5.91 Å². The van der Waals surface area contributed by atoms with Gasteiger partial charge < -0.3 is 9.64 Å². The number of ether oxygens (including phenoxy) is 1. The van der Waals surface area contributed by atoms with E-state index >= 15 is 0 Å². The maximum atomic E-state index is 11.4. The molecule has 18 heavy (non-hydrogen) atoms. The number of nitrogen functional groups attached to an aromatic ring is 1. The summed E-state index contributed by atoms with van der Waals surface area (Å²) in [6.45, 7) is 2.52. The lowest BCUT2D eigenvalue weighted by atomic mass is 10.1. The van der Waals surface area contributed by atoms with Crippen molar-refractivity contribution in [2.24, 2.45) is 5.84 Å². The predicted octanol–water partition coefficient (Wildman–Crippen LogP) is 0.758. The molecule has 0 saturated heterocycles. The lowest BCUT2D eigenvalue weighted by Gasteiger charge is -2.16. The molecule has 1 rings (SSSR count). The highest BCUT2D eigenvalue weighted by molar-refractivity contribution is 5.93. The van der Waals surface area contributed by atoms with E-state index in [4.69, 9.17) is 10.6 Å².